The Morgan fingerprint density at radius 3 is 1.81 bits per heavy atom. The Morgan fingerprint density at radius 1 is 0.885 bits per heavy atom. The monoisotopic (exact) mass is 397 g/mol. The van der Waals surface area contributed by atoms with Gasteiger partial charge in [0, 0.05) is 12.5 Å². The lowest BCUT2D eigenvalue weighted by Crippen LogP contribution is -2.31. The molecule has 0 unspecified atom stereocenters. The SMILES string of the molecule is C.C=P(OCCOCCOCCNC(=O)C(C)C)(OC(C)C)OC(C)C. The van der Waals surface area contributed by atoms with Crippen LogP contribution in [0.2, 0.25) is 0 Å². The van der Waals surface area contributed by atoms with Crippen molar-refractivity contribution < 1.29 is 27.8 Å². The summed E-state index contributed by atoms with van der Waals surface area (Å²) in [6.45, 7) is 14.1. The third-order valence-corrected chi connectivity index (χ3v) is 4.76. The van der Waals surface area contributed by atoms with Gasteiger partial charge in [0.05, 0.1) is 45.2 Å². The van der Waals surface area contributed by atoms with Crippen molar-refractivity contribution in [3.05, 3.63) is 0 Å². The van der Waals surface area contributed by atoms with Gasteiger partial charge in [-0.1, -0.05) is 21.3 Å². The molecule has 0 aliphatic heterocycles. The molecule has 8 heteroatoms. The lowest BCUT2D eigenvalue weighted by molar-refractivity contribution is -0.124. The van der Waals surface area contributed by atoms with E-state index in [1.165, 1.54) is 0 Å². The van der Waals surface area contributed by atoms with Crippen LogP contribution in [0.4, 0.5) is 0 Å². The molecule has 0 bridgehead atoms. The second kappa shape index (κ2) is 15.6. The van der Waals surface area contributed by atoms with E-state index in [0.717, 1.165) is 0 Å². The molecule has 158 valence electrons. The Morgan fingerprint density at radius 2 is 1.35 bits per heavy atom. The van der Waals surface area contributed by atoms with Gasteiger partial charge >= 0.3 is 0 Å². The van der Waals surface area contributed by atoms with Gasteiger partial charge in [0.1, 0.15) is 0 Å². The molecule has 0 heterocycles. The molecule has 0 atom stereocenters. The van der Waals surface area contributed by atoms with E-state index in [9.17, 15) is 4.79 Å². The summed E-state index contributed by atoms with van der Waals surface area (Å²) >= 11 is 0. The molecular formula is C18H40NO6P. The first kappa shape index (κ1) is 27.8. The maximum atomic E-state index is 11.3. The number of rotatable bonds is 15. The first-order valence-electron chi connectivity index (χ1n) is 8.84. The molecule has 0 saturated carbocycles. The number of nitrogens with one attached hydrogen (secondary N) is 1. The molecule has 0 aromatic heterocycles. The normalized spacial score (nSPS) is 11.9. The van der Waals surface area contributed by atoms with Gasteiger partial charge in [-0.2, -0.15) is 0 Å². The first-order valence-corrected chi connectivity index (χ1v) is 10.6. The van der Waals surface area contributed by atoms with Crippen molar-refractivity contribution in [3.8, 4) is 0 Å². The molecule has 1 amide bonds. The smallest absolute Gasteiger partial charge is 0.251 e. The number of ether oxygens (including phenoxy) is 2. The molecule has 0 aromatic rings. The fourth-order valence-electron chi connectivity index (χ4n) is 1.74. The summed E-state index contributed by atoms with van der Waals surface area (Å²) in [6.07, 6.45) is 3.94. The average molecular weight is 397 g/mol. The minimum Gasteiger partial charge on any atom is -0.377 e. The molecule has 0 aliphatic rings. The number of carbonyl (C=O) groups excluding carboxylic acids is 1. The minimum absolute atomic E-state index is 0. The summed E-state index contributed by atoms with van der Waals surface area (Å²) in [5.41, 5.74) is 0. The predicted molar refractivity (Wildman–Crippen MR) is 109 cm³/mol. The maximum Gasteiger partial charge on any atom is 0.251 e. The summed E-state index contributed by atoms with van der Waals surface area (Å²) in [5, 5.41) is 2.79. The highest BCUT2D eigenvalue weighted by molar-refractivity contribution is 7.59. The van der Waals surface area contributed by atoms with Crippen LogP contribution < -0.4 is 5.32 Å². The fraction of sp³-hybridized carbons (Fsp3) is 0.889. The summed E-state index contributed by atoms with van der Waals surface area (Å²) in [7, 11) is -2.57. The molecule has 7 nitrogen and oxygen atoms in total. The van der Waals surface area contributed by atoms with Gasteiger partial charge in [0.15, 0.2) is 0 Å². The zero-order chi connectivity index (χ0) is 19.3. The van der Waals surface area contributed by atoms with Crippen molar-refractivity contribution in [3.63, 3.8) is 0 Å². The first-order chi connectivity index (χ1) is 11.7. The lowest BCUT2D eigenvalue weighted by Gasteiger charge is -2.27. The van der Waals surface area contributed by atoms with E-state index in [-0.39, 0.29) is 31.5 Å². The Labute approximate surface area is 160 Å². The minimum atomic E-state index is -2.57. The van der Waals surface area contributed by atoms with Crippen LogP contribution in [0.3, 0.4) is 0 Å². The van der Waals surface area contributed by atoms with E-state index < -0.39 is 7.57 Å². The van der Waals surface area contributed by atoms with E-state index in [1.807, 2.05) is 41.5 Å². The molecule has 0 radical (unpaired) electrons. The van der Waals surface area contributed by atoms with E-state index in [0.29, 0.717) is 39.6 Å². The van der Waals surface area contributed by atoms with Crippen molar-refractivity contribution in [2.75, 3.05) is 39.6 Å². The molecule has 26 heavy (non-hydrogen) atoms. The van der Waals surface area contributed by atoms with Crippen LogP contribution in [0.25, 0.3) is 0 Å². The third kappa shape index (κ3) is 15.8. The van der Waals surface area contributed by atoms with E-state index in [2.05, 4.69) is 11.6 Å². The standard InChI is InChI=1S/C17H36NO6P.CH4/c1-14(2)17(19)18-8-9-20-10-11-21-12-13-22-25(7,23-15(3)4)24-16(5)6;/h14-16H,7-13H2,1-6H3,(H,18,19);1H4. The third-order valence-electron chi connectivity index (χ3n) is 2.70. The van der Waals surface area contributed by atoms with Crippen molar-refractivity contribution in [1.82, 2.24) is 5.32 Å². The Bertz CT molecular complexity index is 387. The van der Waals surface area contributed by atoms with Crippen LogP contribution in [0.5, 0.6) is 0 Å². The van der Waals surface area contributed by atoms with E-state index in [4.69, 9.17) is 23.0 Å². The highest BCUT2D eigenvalue weighted by Crippen LogP contribution is 2.50. The Kier molecular flexibility index (Phi) is 16.7. The molecule has 0 aliphatic carbocycles. The van der Waals surface area contributed by atoms with E-state index >= 15 is 0 Å². The average Bonchev–Trinajstić information content (AvgIpc) is 2.46. The van der Waals surface area contributed by atoms with E-state index in [1.54, 1.807) is 0 Å². The molecule has 0 rings (SSSR count). The van der Waals surface area contributed by atoms with Gasteiger partial charge in [0.2, 0.25) is 5.91 Å². The van der Waals surface area contributed by atoms with Crippen LogP contribution in [-0.4, -0.2) is 64.0 Å². The molecule has 0 fully saturated rings. The number of hydrogen-bond donors (Lipinski definition) is 1. The maximum absolute atomic E-state index is 11.3. The zero-order valence-corrected chi connectivity index (χ0v) is 17.5. The molecule has 0 spiro atoms. The molecule has 0 aromatic carbocycles. The number of hydrogen-bond acceptors (Lipinski definition) is 6. The summed E-state index contributed by atoms with van der Waals surface area (Å²) in [5.74, 6) is 0.0231. The number of amides is 1. The largest absolute Gasteiger partial charge is 0.377 e. The second-order valence-electron chi connectivity index (χ2n) is 6.42. The molecule has 0 saturated heterocycles. The second-order valence-corrected chi connectivity index (χ2v) is 8.32. The van der Waals surface area contributed by atoms with Gasteiger partial charge in [-0.25, -0.2) is 0 Å². The Balaban J connectivity index is 0. The van der Waals surface area contributed by atoms with Gasteiger partial charge in [-0.15, -0.1) is 0 Å². The molecule has 1 N–H and O–H groups in total. The summed E-state index contributed by atoms with van der Waals surface area (Å²) in [4.78, 5) is 11.3. The van der Waals surface area contributed by atoms with Crippen LogP contribution in [-0.2, 0) is 27.8 Å². The van der Waals surface area contributed by atoms with Crippen LogP contribution in [0.15, 0.2) is 0 Å². The summed E-state index contributed by atoms with van der Waals surface area (Å²) < 4.78 is 27.9. The van der Waals surface area contributed by atoms with Gasteiger partial charge in [-0.3, -0.25) is 4.79 Å². The summed E-state index contributed by atoms with van der Waals surface area (Å²) in [6, 6.07) is 0. The van der Waals surface area contributed by atoms with Gasteiger partial charge in [-0.05, 0) is 34.0 Å². The van der Waals surface area contributed by atoms with Gasteiger partial charge in [0.25, 0.3) is 7.57 Å². The number of carbonyl (C=O) groups is 1. The van der Waals surface area contributed by atoms with Crippen molar-refractivity contribution in [1.29, 1.82) is 0 Å². The lowest BCUT2D eigenvalue weighted by atomic mass is 10.2. The van der Waals surface area contributed by atoms with Crippen LogP contribution >= 0.6 is 7.57 Å². The van der Waals surface area contributed by atoms with Crippen molar-refractivity contribution in [2.45, 2.75) is 61.2 Å². The highest BCUT2D eigenvalue weighted by atomic mass is 31.2. The highest BCUT2D eigenvalue weighted by Gasteiger charge is 2.20. The quantitative estimate of drug-likeness (QED) is 0.337. The van der Waals surface area contributed by atoms with Crippen LogP contribution in [0.1, 0.15) is 49.0 Å². The fourth-order valence-corrected chi connectivity index (χ4v) is 3.54. The topological polar surface area (TPSA) is 75.2 Å². The Hall–Kier alpha value is -0.430. The van der Waals surface area contributed by atoms with Crippen molar-refractivity contribution >= 4 is 19.8 Å². The predicted octanol–water partition coefficient (Wildman–Crippen LogP) is 3.49. The van der Waals surface area contributed by atoms with Gasteiger partial charge < -0.3 is 28.4 Å². The zero-order valence-electron chi connectivity index (χ0n) is 16.6. The van der Waals surface area contributed by atoms with Crippen molar-refractivity contribution in [2.24, 2.45) is 5.92 Å². The molecular weight excluding hydrogens is 357 g/mol. The van der Waals surface area contributed by atoms with Crippen LogP contribution in [0, 0.1) is 5.92 Å².